The van der Waals surface area contributed by atoms with Crippen molar-refractivity contribution in [3.05, 3.63) is 12.3 Å². The Morgan fingerprint density at radius 1 is 1.27 bits per heavy atom. The highest BCUT2D eigenvalue weighted by atomic mass is 32.2. The van der Waals surface area contributed by atoms with E-state index in [0.29, 0.717) is 0 Å². The lowest BCUT2D eigenvalue weighted by atomic mass is 10.1. The molecule has 1 aromatic rings. The molecule has 0 saturated carbocycles. The molecule has 0 aromatic carbocycles. The van der Waals surface area contributed by atoms with Crippen LogP contribution in [0.15, 0.2) is 17.3 Å². The zero-order chi connectivity index (χ0) is 16.3. The first-order chi connectivity index (χ1) is 10.3. The molecule has 1 aromatic heterocycles. The van der Waals surface area contributed by atoms with Crippen LogP contribution in [0.25, 0.3) is 0 Å². The zero-order valence-corrected chi connectivity index (χ0v) is 14.8. The summed E-state index contributed by atoms with van der Waals surface area (Å²) in [5.74, 6) is 0. The highest BCUT2D eigenvalue weighted by Crippen LogP contribution is 2.25. The van der Waals surface area contributed by atoms with Crippen LogP contribution in [-0.4, -0.2) is 47.7 Å². The van der Waals surface area contributed by atoms with Crippen molar-refractivity contribution in [2.45, 2.75) is 70.1 Å². The second kappa shape index (κ2) is 7.10. The van der Waals surface area contributed by atoms with Crippen LogP contribution >= 0.6 is 0 Å². The zero-order valence-electron chi connectivity index (χ0n) is 14.0. The smallest absolute Gasteiger partial charge is 0.262 e. The molecular formula is C15H28N4O2S. The van der Waals surface area contributed by atoms with E-state index in [1.807, 2.05) is 27.7 Å². The predicted molar refractivity (Wildman–Crippen MR) is 87.3 cm³/mol. The molecule has 6 nitrogen and oxygen atoms in total. The van der Waals surface area contributed by atoms with E-state index in [-0.39, 0.29) is 23.2 Å². The Morgan fingerprint density at radius 3 is 2.59 bits per heavy atom. The third-order valence-corrected chi connectivity index (χ3v) is 6.09. The van der Waals surface area contributed by atoms with Gasteiger partial charge in [0, 0.05) is 24.3 Å². The fraction of sp³-hybridized carbons (Fsp3) is 0.800. The van der Waals surface area contributed by atoms with Gasteiger partial charge in [-0.1, -0.05) is 0 Å². The van der Waals surface area contributed by atoms with Gasteiger partial charge in [0.2, 0.25) is 0 Å². The molecule has 0 amide bonds. The van der Waals surface area contributed by atoms with Crippen LogP contribution in [0.5, 0.6) is 0 Å². The summed E-state index contributed by atoms with van der Waals surface area (Å²) in [4.78, 5) is 0. The van der Waals surface area contributed by atoms with E-state index in [1.165, 1.54) is 0 Å². The molecule has 126 valence electrons. The average molecular weight is 328 g/mol. The standard InChI is InChI=1S/C15H28N4O2S/c1-12(2)18-11-8-15(17-18)22(20,21)19(13(3)4)14-6-5-9-16-10-7-14/h8,11-14,16H,5-7,9-10H2,1-4H3. The number of rotatable bonds is 5. The Morgan fingerprint density at radius 2 is 2.00 bits per heavy atom. The number of sulfonamides is 1. The Balaban J connectivity index is 2.32. The predicted octanol–water partition coefficient (Wildman–Crippen LogP) is 2.01. The van der Waals surface area contributed by atoms with Crippen molar-refractivity contribution in [1.82, 2.24) is 19.4 Å². The van der Waals surface area contributed by atoms with Crippen LogP contribution in [0.3, 0.4) is 0 Å². The van der Waals surface area contributed by atoms with Gasteiger partial charge in [-0.15, -0.1) is 0 Å². The van der Waals surface area contributed by atoms with E-state index >= 15 is 0 Å². The molecule has 1 saturated heterocycles. The summed E-state index contributed by atoms with van der Waals surface area (Å²) in [6.45, 7) is 9.68. The van der Waals surface area contributed by atoms with Crippen LogP contribution < -0.4 is 5.32 Å². The van der Waals surface area contributed by atoms with E-state index in [4.69, 9.17) is 0 Å². The van der Waals surface area contributed by atoms with Crippen molar-refractivity contribution >= 4 is 10.0 Å². The maximum Gasteiger partial charge on any atom is 0.262 e. The lowest BCUT2D eigenvalue weighted by Gasteiger charge is -2.32. The molecule has 22 heavy (non-hydrogen) atoms. The second-order valence-corrected chi connectivity index (χ2v) is 8.28. The Kier molecular flexibility index (Phi) is 5.63. The maximum absolute atomic E-state index is 13.1. The lowest BCUT2D eigenvalue weighted by Crippen LogP contribution is -2.45. The van der Waals surface area contributed by atoms with Gasteiger partial charge in [0.25, 0.3) is 10.0 Å². The SMILES string of the molecule is CC(C)N(C1CCCNCC1)S(=O)(=O)c1ccn(C(C)C)n1. The first-order valence-corrected chi connectivity index (χ1v) is 9.57. The lowest BCUT2D eigenvalue weighted by molar-refractivity contribution is 0.253. The minimum Gasteiger partial charge on any atom is -0.317 e. The number of hydrogen-bond donors (Lipinski definition) is 1. The van der Waals surface area contributed by atoms with Gasteiger partial charge >= 0.3 is 0 Å². The molecule has 1 N–H and O–H groups in total. The number of aromatic nitrogens is 2. The van der Waals surface area contributed by atoms with Crippen molar-refractivity contribution in [1.29, 1.82) is 0 Å². The Bertz CT molecular complexity index is 572. The van der Waals surface area contributed by atoms with Crippen LogP contribution in [0.1, 0.15) is 53.0 Å². The molecule has 0 bridgehead atoms. The topological polar surface area (TPSA) is 67.2 Å². The van der Waals surface area contributed by atoms with Crippen LogP contribution in [0.4, 0.5) is 0 Å². The van der Waals surface area contributed by atoms with E-state index in [9.17, 15) is 8.42 Å². The summed E-state index contributed by atoms with van der Waals surface area (Å²) in [5.41, 5.74) is 0. The van der Waals surface area contributed by atoms with Crippen molar-refractivity contribution in [2.24, 2.45) is 0 Å². The van der Waals surface area contributed by atoms with Crippen molar-refractivity contribution in [3.63, 3.8) is 0 Å². The molecule has 7 heteroatoms. The van der Waals surface area contributed by atoms with Gasteiger partial charge in [-0.3, -0.25) is 4.68 Å². The molecule has 0 spiro atoms. The highest BCUT2D eigenvalue weighted by molar-refractivity contribution is 7.89. The molecule has 1 unspecified atom stereocenters. The van der Waals surface area contributed by atoms with Crippen LogP contribution in [0, 0.1) is 0 Å². The van der Waals surface area contributed by atoms with Gasteiger partial charge in [0.05, 0.1) is 0 Å². The molecular weight excluding hydrogens is 300 g/mol. The summed E-state index contributed by atoms with van der Waals surface area (Å²) in [6, 6.07) is 1.74. The van der Waals surface area contributed by atoms with E-state index < -0.39 is 10.0 Å². The maximum atomic E-state index is 13.1. The molecule has 1 fully saturated rings. The summed E-state index contributed by atoms with van der Waals surface area (Å²) in [5, 5.41) is 7.77. The molecule has 1 aliphatic heterocycles. The third-order valence-electron chi connectivity index (χ3n) is 4.07. The monoisotopic (exact) mass is 328 g/mol. The number of nitrogens with zero attached hydrogens (tertiary/aromatic N) is 3. The number of hydrogen-bond acceptors (Lipinski definition) is 4. The van der Waals surface area contributed by atoms with E-state index in [0.717, 1.165) is 32.4 Å². The fourth-order valence-corrected chi connectivity index (χ4v) is 4.81. The first-order valence-electron chi connectivity index (χ1n) is 8.13. The summed E-state index contributed by atoms with van der Waals surface area (Å²) in [7, 11) is -3.56. The molecule has 0 radical (unpaired) electrons. The van der Waals surface area contributed by atoms with Gasteiger partial charge in [0.1, 0.15) is 0 Å². The molecule has 0 aliphatic carbocycles. The summed E-state index contributed by atoms with van der Waals surface area (Å²) >= 11 is 0. The van der Waals surface area contributed by atoms with E-state index in [1.54, 1.807) is 21.3 Å². The van der Waals surface area contributed by atoms with Crippen LogP contribution in [0.2, 0.25) is 0 Å². The van der Waals surface area contributed by atoms with Gasteiger partial charge in [-0.25, -0.2) is 8.42 Å². The highest BCUT2D eigenvalue weighted by Gasteiger charge is 2.35. The van der Waals surface area contributed by atoms with Gasteiger partial charge in [-0.05, 0) is 66.1 Å². The summed E-state index contributed by atoms with van der Waals surface area (Å²) in [6.07, 6.45) is 4.49. The first kappa shape index (κ1) is 17.4. The normalized spacial score (nSPS) is 20.8. The molecule has 2 heterocycles. The Hall–Kier alpha value is -0.920. The van der Waals surface area contributed by atoms with Gasteiger partial charge < -0.3 is 5.32 Å². The van der Waals surface area contributed by atoms with Gasteiger partial charge in [0.15, 0.2) is 5.03 Å². The quantitative estimate of drug-likeness (QED) is 0.898. The van der Waals surface area contributed by atoms with E-state index in [2.05, 4.69) is 10.4 Å². The third kappa shape index (κ3) is 3.70. The van der Waals surface area contributed by atoms with Crippen molar-refractivity contribution < 1.29 is 8.42 Å². The van der Waals surface area contributed by atoms with Crippen LogP contribution in [-0.2, 0) is 10.0 Å². The second-order valence-electron chi connectivity index (χ2n) is 6.49. The minimum atomic E-state index is -3.56. The van der Waals surface area contributed by atoms with Gasteiger partial charge in [-0.2, -0.15) is 9.40 Å². The fourth-order valence-electron chi connectivity index (χ4n) is 3.00. The number of nitrogens with one attached hydrogen (secondary N) is 1. The largest absolute Gasteiger partial charge is 0.317 e. The minimum absolute atomic E-state index is 0.0456. The summed E-state index contributed by atoms with van der Waals surface area (Å²) < 4.78 is 29.5. The molecule has 1 atom stereocenters. The Labute approximate surface area is 133 Å². The molecule has 2 rings (SSSR count). The van der Waals surface area contributed by atoms with Crippen molar-refractivity contribution in [3.8, 4) is 0 Å². The molecule has 1 aliphatic rings. The average Bonchev–Trinajstić information content (AvgIpc) is 2.79. The van der Waals surface area contributed by atoms with Crippen molar-refractivity contribution in [2.75, 3.05) is 13.1 Å².